The molecule has 0 spiro atoms. The molecule has 4 rings (SSSR count). The third-order valence-corrected chi connectivity index (χ3v) is 5.58. The first-order valence-corrected chi connectivity index (χ1v) is 10.6. The van der Waals surface area contributed by atoms with E-state index in [0.717, 1.165) is 0 Å². The maximum absolute atomic E-state index is 13.1. The molecule has 0 saturated carbocycles. The lowest BCUT2D eigenvalue weighted by atomic mass is 9.94. The van der Waals surface area contributed by atoms with Crippen molar-refractivity contribution in [3.63, 3.8) is 0 Å². The van der Waals surface area contributed by atoms with E-state index < -0.39 is 6.10 Å². The standard InChI is InChI=1S/C26H25NO7/c1-30-18-10-8-17(9-11-18)27-26(29)16-7-5-6-15(12-16)20-13-19(28)23-21(34-20)14-22(31-2)24(32-3)25(23)33-4/h5-12,14,20H,13H2,1-4H3,(H,27,29). The van der Waals surface area contributed by atoms with Gasteiger partial charge in [0.2, 0.25) is 5.75 Å². The topological polar surface area (TPSA) is 92.3 Å². The van der Waals surface area contributed by atoms with Crippen molar-refractivity contribution < 1.29 is 33.3 Å². The molecule has 0 bridgehead atoms. The molecule has 1 amide bonds. The van der Waals surface area contributed by atoms with Gasteiger partial charge >= 0.3 is 0 Å². The first-order valence-electron chi connectivity index (χ1n) is 10.6. The second kappa shape index (κ2) is 9.74. The SMILES string of the molecule is COc1ccc(NC(=O)c2cccc(C3CC(=O)c4c(cc(OC)c(OC)c4OC)O3)c2)cc1. The van der Waals surface area contributed by atoms with Crippen LogP contribution in [0.1, 0.15) is 38.8 Å². The fraction of sp³-hybridized carbons (Fsp3) is 0.231. The highest BCUT2D eigenvalue weighted by Crippen LogP contribution is 2.49. The molecular formula is C26H25NO7. The van der Waals surface area contributed by atoms with E-state index in [2.05, 4.69) is 5.32 Å². The number of Topliss-reactive ketones (excluding diaryl/α,β-unsaturated/α-hetero) is 1. The number of fused-ring (bicyclic) bond motifs is 1. The van der Waals surface area contributed by atoms with E-state index in [1.54, 1.807) is 55.6 Å². The van der Waals surface area contributed by atoms with Crippen LogP contribution in [0.3, 0.4) is 0 Å². The summed E-state index contributed by atoms with van der Waals surface area (Å²) in [5.74, 6) is 1.59. The Morgan fingerprint density at radius 1 is 0.912 bits per heavy atom. The molecule has 0 aliphatic carbocycles. The number of benzene rings is 3. The number of carbonyl (C=O) groups excluding carboxylic acids is 2. The van der Waals surface area contributed by atoms with E-state index in [9.17, 15) is 9.59 Å². The monoisotopic (exact) mass is 463 g/mol. The van der Waals surface area contributed by atoms with Gasteiger partial charge in [0.25, 0.3) is 5.91 Å². The lowest BCUT2D eigenvalue weighted by Gasteiger charge is -2.28. The second-order valence-corrected chi connectivity index (χ2v) is 7.56. The van der Waals surface area contributed by atoms with Crippen molar-refractivity contribution in [1.29, 1.82) is 0 Å². The molecule has 1 aliphatic heterocycles. The molecule has 34 heavy (non-hydrogen) atoms. The highest BCUT2D eigenvalue weighted by atomic mass is 16.5. The molecule has 3 aromatic rings. The maximum atomic E-state index is 13.1. The van der Waals surface area contributed by atoms with Gasteiger partial charge in [0.1, 0.15) is 23.2 Å². The minimum atomic E-state index is -0.573. The summed E-state index contributed by atoms with van der Waals surface area (Å²) >= 11 is 0. The van der Waals surface area contributed by atoms with Crippen LogP contribution in [0.25, 0.3) is 0 Å². The average Bonchev–Trinajstić information content (AvgIpc) is 2.87. The molecule has 1 N–H and O–H groups in total. The Hall–Kier alpha value is -4.20. The number of carbonyl (C=O) groups is 2. The normalized spacial score (nSPS) is 14.5. The van der Waals surface area contributed by atoms with E-state index in [1.165, 1.54) is 21.3 Å². The van der Waals surface area contributed by atoms with Gasteiger partial charge in [-0.1, -0.05) is 12.1 Å². The van der Waals surface area contributed by atoms with Crippen LogP contribution in [0, 0.1) is 0 Å². The Morgan fingerprint density at radius 2 is 1.65 bits per heavy atom. The fourth-order valence-corrected chi connectivity index (χ4v) is 3.90. The number of amides is 1. The summed E-state index contributed by atoms with van der Waals surface area (Å²) in [5.41, 5.74) is 2.10. The smallest absolute Gasteiger partial charge is 0.255 e. The number of hydrogen-bond donors (Lipinski definition) is 1. The Labute approximate surface area is 197 Å². The zero-order chi connectivity index (χ0) is 24.2. The zero-order valence-corrected chi connectivity index (χ0v) is 19.3. The summed E-state index contributed by atoms with van der Waals surface area (Å²) in [4.78, 5) is 25.9. The molecule has 8 heteroatoms. The van der Waals surface area contributed by atoms with Crippen molar-refractivity contribution in [3.8, 4) is 28.7 Å². The van der Waals surface area contributed by atoms with E-state index in [4.69, 9.17) is 23.7 Å². The maximum Gasteiger partial charge on any atom is 0.255 e. The van der Waals surface area contributed by atoms with Gasteiger partial charge in [-0.2, -0.15) is 0 Å². The van der Waals surface area contributed by atoms with Gasteiger partial charge in [-0.15, -0.1) is 0 Å². The molecule has 0 saturated heterocycles. The molecule has 8 nitrogen and oxygen atoms in total. The van der Waals surface area contributed by atoms with Crippen molar-refractivity contribution in [2.45, 2.75) is 12.5 Å². The van der Waals surface area contributed by atoms with Gasteiger partial charge in [0, 0.05) is 17.3 Å². The summed E-state index contributed by atoms with van der Waals surface area (Å²) in [6.45, 7) is 0. The molecule has 1 aliphatic rings. The number of ketones is 1. The predicted molar refractivity (Wildman–Crippen MR) is 126 cm³/mol. The summed E-state index contributed by atoms with van der Waals surface area (Å²) in [6, 6.07) is 15.7. The number of rotatable bonds is 7. The summed E-state index contributed by atoms with van der Waals surface area (Å²) in [7, 11) is 6.02. The summed E-state index contributed by atoms with van der Waals surface area (Å²) in [5, 5.41) is 2.86. The molecule has 0 fully saturated rings. The van der Waals surface area contributed by atoms with Crippen molar-refractivity contribution in [2.75, 3.05) is 33.8 Å². The van der Waals surface area contributed by atoms with E-state index in [0.29, 0.717) is 45.4 Å². The molecule has 1 heterocycles. The number of nitrogens with one attached hydrogen (secondary N) is 1. The van der Waals surface area contributed by atoms with Gasteiger partial charge in [-0.3, -0.25) is 9.59 Å². The molecule has 1 unspecified atom stereocenters. The summed E-state index contributed by atoms with van der Waals surface area (Å²) < 4.78 is 27.5. The van der Waals surface area contributed by atoms with Crippen LogP contribution in [0.5, 0.6) is 28.7 Å². The van der Waals surface area contributed by atoms with Crippen molar-refractivity contribution >= 4 is 17.4 Å². The summed E-state index contributed by atoms with van der Waals surface area (Å²) in [6.07, 6.45) is -0.487. The molecular weight excluding hydrogens is 438 g/mol. The molecule has 1 atom stereocenters. The van der Waals surface area contributed by atoms with Crippen LogP contribution in [0.2, 0.25) is 0 Å². The third kappa shape index (κ3) is 4.34. The van der Waals surface area contributed by atoms with Crippen molar-refractivity contribution in [3.05, 3.63) is 71.3 Å². The van der Waals surface area contributed by atoms with Crippen LogP contribution in [0.15, 0.2) is 54.6 Å². The van der Waals surface area contributed by atoms with Crippen LogP contribution in [-0.2, 0) is 0 Å². The number of ether oxygens (including phenoxy) is 5. The second-order valence-electron chi connectivity index (χ2n) is 7.56. The van der Waals surface area contributed by atoms with Crippen LogP contribution < -0.4 is 29.0 Å². The first kappa shape index (κ1) is 23.0. The highest BCUT2D eigenvalue weighted by Gasteiger charge is 2.34. The largest absolute Gasteiger partial charge is 0.497 e. The Balaban J connectivity index is 1.60. The highest BCUT2D eigenvalue weighted by molar-refractivity contribution is 6.05. The molecule has 0 aromatic heterocycles. The lowest BCUT2D eigenvalue weighted by molar-refractivity contribution is 0.0842. The fourth-order valence-electron chi connectivity index (χ4n) is 3.90. The molecule has 176 valence electrons. The quantitative estimate of drug-likeness (QED) is 0.544. The van der Waals surface area contributed by atoms with E-state index >= 15 is 0 Å². The van der Waals surface area contributed by atoms with Crippen molar-refractivity contribution in [1.82, 2.24) is 0 Å². The Bertz CT molecular complexity index is 1220. The average molecular weight is 463 g/mol. The molecule has 0 radical (unpaired) electrons. The lowest BCUT2D eigenvalue weighted by Crippen LogP contribution is -2.22. The number of hydrogen-bond acceptors (Lipinski definition) is 7. The number of methoxy groups -OCH3 is 4. The van der Waals surface area contributed by atoms with Gasteiger partial charge in [0.15, 0.2) is 17.3 Å². The Kier molecular flexibility index (Phi) is 6.58. The van der Waals surface area contributed by atoms with Gasteiger partial charge < -0.3 is 29.0 Å². The van der Waals surface area contributed by atoms with Crippen molar-refractivity contribution in [2.24, 2.45) is 0 Å². The third-order valence-electron chi connectivity index (χ3n) is 5.58. The van der Waals surface area contributed by atoms with Crippen LogP contribution in [-0.4, -0.2) is 40.1 Å². The first-order chi connectivity index (χ1) is 16.5. The predicted octanol–water partition coefficient (Wildman–Crippen LogP) is 4.68. The van der Waals surface area contributed by atoms with E-state index in [1.807, 2.05) is 6.07 Å². The minimum absolute atomic E-state index is 0.0857. The van der Waals surface area contributed by atoms with Gasteiger partial charge in [-0.25, -0.2) is 0 Å². The number of anilines is 1. The Morgan fingerprint density at radius 3 is 2.29 bits per heavy atom. The van der Waals surface area contributed by atoms with Crippen LogP contribution in [0.4, 0.5) is 5.69 Å². The van der Waals surface area contributed by atoms with Crippen LogP contribution >= 0.6 is 0 Å². The molecule has 3 aromatic carbocycles. The van der Waals surface area contributed by atoms with Gasteiger partial charge in [0.05, 0.1) is 34.9 Å². The van der Waals surface area contributed by atoms with E-state index in [-0.39, 0.29) is 23.9 Å². The van der Waals surface area contributed by atoms with Gasteiger partial charge in [-0.05, 0) is 42.0 Å². The minimum Gasteiger partial charge on any atom is -0.497 e. The zero-order valence-electron chi connectivity index (χ0n) is 19.3.